The Morgan fingerprint density at radius 3 is 2.38 bits per heavy atom. The van der Waals surface area contributed by atoms with Crippen molar-refractivity contribution in [2.45, 2.75) is 13.3 Å². The van der Waals surface area contributed by atoms with Gasteiger partial charge in [-0.15, -0.1) is 0 Å². The molecule has 8 heteroatoms. The van der Waals surface area contributed by atoms with Gasteiger partial charge in [0.15, 0.2) is 0 Å². The van der Waals surface area contributed by atoms with Crippen molar-refractivity contribution in [3.05, 3.63) is 119 Å². The lowest BCUT2D eigenvalue weighted by molar-refractivity contribution is 0.0742. The van der Waals surface area contributed by atoms with Gasteiger partial charge in [0.25, 0.3) is 11.6 Å². The Labute approximate surface area is 242 Å². The molecule has 3 heterocycles. The molecule has 0 saturated carbocycles. The van der Waals surface area contributed by atoms with E-state index in [4.69, 9.17) is 14.5 Å². The van der Waals surface area contributed by atoms with Crippen LogP contribution in [-0.4, -0.2) is 52.1 Å². The number of rotatable bonds is 5. The van der Waals surface area contributed by atoms with E-state index in [2.05, 4.69) is 65.5 Å². The molecule has 1 amide bonds. The minimum Gasteiger partial charge on any atom is -0.352 e. The maximum absolute atomic E-state index is 14.3. The van der Waals surface area contributed by atoms with Crippen LogP contribution in [-0.2, 0) is 6.42 Å². The van der Waals surface area contributed by atoms with Crippen molar-refractivity contribution in [3.63, 3.8) is 0 Å². The molecule has 1 fully saturated rings. The molecule has 2 aromatic heterocycles. The predicted molar refractivity (Wildman–Crippen MR) is 161 cm³/mol. The molecule has 6 aromatic rings. The number of piperazine rings is 1. The van der Waals surface area contributed by atoms with Crippen molar-refractivity contribution in [2.24, 2.45) is 0 Å². The first kappa shape index (κ1) is 25.8. The van der Waals surface area contributed by atoms with Gasteiger partial charge < -0.3 is 14.3 Å². The minimum absolute atomic E-state index is 0.0911. The van der Waals surface area contributed by atoms with E-state index in [0.717, 1.165) is 33.1 Å². The van der Waals surface area contributed by atoms with Crippen LogP contribution in [0.15, 0.2) is 95.5 Å². The second kappa shape index (κ2) is 10.7. The van der Waals surface area contributed by atoms with E-state index in [9.17, 15) is 9.18 Å². The number of aromatic nitrogens is 3. The van der Waals surface area contributed by atoms with Crippen LogP contribution in [0.4, 0.5) is 10.2 Å². The van der Waals surface area contributed by atoms with Crippen molar-refractivity contribution in [3.8, 4) is 11.3 Å². The number of amides is 1. The number of hydrogen-bond acceptors (Lipinski definition) is 6. The molecule has 0 aliphatic carbocycles. The van der Waals surface area contributed by atoms with Crippen LogP contribution in [0.25, 0.3) is 33.1 Å². The van der Waals surface area contributed by atoms with Gasteiger partial charge in [-0.2, -0.15) is 4.98 Å². The van der Waals surface area contributed by atoms with E-state index in [-0.39, 0.29) is 11.5 Å². The van der Waals surface area contributed by atoms with Crippen molar-refractivity contribution < 1.29 is 13.7 Å². The van der Waals surface area contributed by atoms with E-state index in [1.807, 2.05) is 18.2 Å². The molecular weight excluding hydrogens is 529 g/mol. The zero-order chi connectivity index (χ0) is 28.6. The molecule has 0 unspecified atom stereocenters. The zero-order valence-electron chi connectivity index (χ0n) is 23.1. The van der Waals surface area contributed by atoms with Gasteiger partial charge in [-0.05, 0) is 41.5 Å². The molecule has 1 saturated heterocycles. The largest absolute Gasteiger partial charge is 0.352 e. The summed E-state index contributed by atoms with van der Waals surface area (Å²) in [6.07, 6.45) is 0.543. The number of fused-ring (bicyclic) bond motifs is 2. The molecule has 1 aliphatic heterocycles. The van der Waals surface area contributed by atoms with Crippen molar-refractivity contribution in [1.29, 1.82) is 0 Å². The van der Waals surface area contributed by atoms with Crippen LogP contribution in [0, 0.1) is 12.7 Å². The van der Waals surface area contributed by atoms with Gasteiger partial charge in [0.05, 0.1) is 5.56 Å². The molecule has 7 nitrogen and oxygen atoms in total. The summed E-state index contributed by atoms with van der Waals surface area (Å²) in [5.74, 6) is 0.548. The number of carbonyl (C=O) groups is 1. The Morgan fingerprint density at radius 1 is 0.857 bits per heavy atom. The second-order valence-electron chi connectivity index (χ2n) is 10.7. The molecule has 0 atom stereocenters. The maximum Gasteiger partial charge on any atom is 0.263 e. The number of aryl methyl sites for hydroxylation is 1. The van der Waals surface area contributed by atoms with Gasteiger partial charge in [0.2, 0.25) is 0 Å². The topological polar surface area (TPSA) is 75.4 Å². The van der Waals surface area contributed by atoms with Gasteiger partial charge >= 0.3 is 0 Å². The predicted octanol–water partition coefficient (Wildman–Crippen LogP) is 6.44. The Balaban J connectivity index is 1.26. The third-order valence-electron chi connectivity index (χ3n) is 7.84. The number of hydrogen-bond donors (Lipinski definition) is 0. The summed E-state index contributed by atoms with van der Waals surface area (Å²) in [4.78, 5) is 26.8. The Hall–Kier alpha value is -5.11. The van der Waals surface area contributed by atoms with Crippen LogP contribution in [0.5, 0.6) is 0 Å². The molecule has 4 aromatic carbocycles. The van der Waals surface area contributed by atoms with Crippen LogP contribution < -0.4 is 4.90 Å². The lowest BCUT2D eigenvalue weighted by Gasteiger charge is -2.35. The Bertz CT molecular complexity index is 1930. The third kappa shape index (κ3) is 4.85. The number of nitrogens with zero attached hydrogens (tertiary/aromatic N) is 5. The van der Waals surface area contributed by atoms with Crippen molar-refractivity contribution in [1.82, 2.24) is 20.0 Å². The summed E-state index contributed by atoms with van der Waals surface area (Å²) < 4.78 is 20.2. The van der Waals surface area contributed by atoms with E-state index < -0.39 is 5.82 Å². The summed E-state index contributed by atoms with van der Waals surface area (Å²) in [6, 6.07) is 28.8. The molecule has 0 radical (unpaired) electrons. The lowest BCUT2D eigenvalue weighted by Crippen LogP contribution is -2.49. The smallest absolute Gasteiger partial charge is 0.263 e. The monoisotopic (exact) mass is 557 g/mol. The average Bonchev–Trinajstić information content (AvgIpc) is 3.46. The highest BCUT2D eigenvalue weighted by molar-refractivity contribution is 6.00. The number of halogens is 1. The highest BCUT2D eigenvalue weighted by atomic mass is 19.1. The van der Waals surface area contributed by atoms with Crippen LogP contribution in [0.1, 0.15) is 27.3 Å². The minimum atomic E-state index is -0.507. The summed E-state index contributed by atoms with van der Waals surface area (Å²) in [5.41, 5.74) is 4.40. The van der Waals surface area contributed by atoms with E-state index in [0.29, 0.717) is 49.8 Å². The molecule has 208 valence electrons. The quantitative estimate of drug-likeness (QED) is 0.243. The van der Waals surface area contributed by atoms with E-state index in [1.54, 1.807) is 17.0 Å². The standard InChI is InChI=1S/C34H28FN5O2/c1-22-10-12-23(13-11-22)20-29-36-32(39-16-18-40(19-17-39)34(41)27-8-4-5-9-28(27)35)30-31(38-42-33(30)37-29)26-15-14-24-6-2-3-7-25(24)21-26/h2-15,21H,16-20H2,1H3. The Morgan fingerprint density at radius 2 is 1.60 bits per heavy atom. The van der Waals surface area contributed by atoms with Gasteiger partial charge in [0, 0.05) is 38.2 Å². The molecule has 42 heavy (non-hydrogen) atoms. The van der Waals surface area contributed by atoms with Gasteiger partial charge in [0.1, 0.15) is 28.5 Å². The fourth-order valence-electron chi connectivity index (χ4n) is 5.54. The normalized spacial score (nSPS) is 13.7. The Kier molecular flexibility index (Phi) is 6.58. The molecule has 0 N–H and O–H groups in total. The average molecular weight is 558 g/mol. The molecule has 7 rings (SSSR count). The van der Waals surface area contributed by atoms with Gasteiger partial charge in [-0.25, -0.2) is 9.37 Å². The maximum atomic E-state index is 14.3. The first-order valence-electron chi connectivity index (χ1n) is 14.0. The van der Waals surface area contributed by atoms with Crippen LogP contribution in [0.2, 0.25) is 0 Å². The number of anilines is 1. The molecule has 0 spiro atoms. The van der Waals surface area contributed by atoms with Crippen LogP contribution in [0.3, 0.4) is 0 Å². The zero-order valence-corrected chi connectivity index (χ0v) is 23.1. The molecule has 0 bridgehead atoms. The van der Waals surface area contributed by atoms with E-state index >= 15 is 0 Å². The summed E-state index contributed by atoms with van der Waals surface area (Å²) in [7, 11) is 0. The van der Waals surface area contributed by atoms with Crippen LogP contribution >= 0.6 is 0 Å². The fourth-order valence-corrected chi connectivity index (χ4v) is 5.54. The lowest BCUT2D eigenvalue weighted by atomic mass is 10.0. The van der Waals surface area contributed by atoms with Gasteiger partial charge in [-0.1, -0.05) is 83.5 Å². The first-order chi connectivity index (χ1) is 20.5. The highest BCUT2D eigenvalue weighted by Crippen LogP contribution is 2.35. The summed E-state index contributed by atoms with van der Waals surface area (Å²) in [6.45, 7) is 3.98. The summed E-state index contributed by atoms with van der Waals surface area (Å²) >= 11 is 0. The van der Waals surface area contributed by atoms with Crippen molar-refractivity contribution in [2.75, 3.05) is 31.1 Å². The third-order valence-corrected chi connectivity index (χ3v) is 7.84. The second-order valence-corrected chi connectivity index (χ2v) is 10.7. The number of benzene rings is 4. The first-order valence-corrected chi connectivity index (χ1v) is 14.0. The van der Waals surface area contributed by atoms with Crippen molar-refractivity contribution >= 4 is 33.6 Å². The number of carbonyl (C=O) groups excluding carboxylic acids is 1. The van der Waals surface area contributed by atoms with E-state index in [1.165, 1.54) is 17.7 Å². The summed E-state index contributed by atoms with van der Waals surface area (Å²) in [5, 5.41) is 7.45. The highest BCUT2D eigenvalue weighted by Gasteiger charge is 2.28. The SMILES string of the molecule is Cc1ccc(Cc2nc(N3CCN(C(=O)c4ccccc4F)CC3)c3c(-c4ccc5ccccc5c4)noc3n2)cc1. The molecule has 1 aliphatic rings. The molecular formula is C34H28FN5O2. The fraction of sp³-hybridized carbons (Fsp3) is 0.176. The van der Waals surface area contributed by atoms with Gasteiger partial charge in [-0.3, -0.25) is 4.79 Å².